The number of rotatable bonds is 4. The van der Waals surface area contributed by atoms with Crippen molar-refractivity contribution in [3.63, 3.8) is 0 Å². The molecule has 2 aliphatic heterocycles. The van der Waals surface area contributed by atoms with Crippen molar-refractivity contribution in [2.75, 3.05) is 37.7 Å². The summed E-state index contributed by atoms with van der Waals surface area (Å²) in [5.41, 5.74) is 3.31. The van der Waals surface area contributed by atoms with E-state index in [0.29, 0.717) is 62.1 Å². The molecule has 0 radical (unpaired) electrons. The Kier molecular flexibility index (Phi) is 5.45. The maximum atomic E-state index is 12.8. The SMILES string of the molecule is Cc1ccc(N2C[C@@H](c3nc(-c4cccc(C(=O)N5CCOCC5)c4)no3)CC2=O)cc1. The Morgan fingerprint density at radius 3 is 2.66 bits per heavy atom. The van der Waals surface area contributed by atoms with Gasteiger partial charge in [0.05, 0.1) is 19.1 Å². The van der Waals surface area contributed by atoms with Crippen LogP contribution < -0.4 is 4.90 Å². The van der Waals surface area contributed by atoms with Crippen LogP contribution >= 0.6 is 0 Å². The average molecular weight is 432 g/mol. The van der Waals surface area contributed by atoms with E-state index in [1.165, 1.54) is 0 Å². The highest BCUT2D eigenvalue weighted by atomic mass is 16.5. The molecule has 0 spiro atoms. The molecule has 0 aliphatic carbocycles. The number of aryl methyl sites for hydroxylation is 1. The minimum atomic E-state index is -0.164. The third-order valence-corrected chi connectivity index (χ3v) is 5.93. The van der Waals surface area contributed by atoms with Crippen LogP contribution in [0.2, 0.25) is 0 Å². The fraction of sp³-hybridized carbons (Fsp3) is 0.333. The summed E-state index contributed by atoms with van der Waals surface area (Å²) in [7, 11) is 0. The van der Waals surface area contributed by atoms with Crippen LogP contribution in [-0.2, 0) is 9.53 Å². The highest BCUT2D eigenvalue weighted by molar-refractivity contribution is 5.96. The second-order valence-corrected chi connectivity index (χ2v) is 8.18. The Labute approximate surface area is 185 Å². The second kappa shape index (κ2) is 8.55. The molecule has 3 aromatic rings. The zero-order valence-corrected chi connectivity index (χ0v) is 17.9. The molecule has 1 atom stereocenters. The summed E-state index contributed by atoms with van der Waals surface area (Å²) in [6.07, 6.45) is 0.324. The summed E-state index contributed by atoms with van der Waals surface area (Å²) in [5.74, 6) is 0.694. The highest BCUT2D eigenvalue weighted by Gasteiger charge is 2.35. The molecule has 0 saturated carbocycles. The van der Waals surface area contributed by atoms with Gasteiger partial charge in [0, 0.05) is 42.9 Å². The first-order valence-corrected chi connectivity index (χ1v) is 10.8. The first-order chi connectivity index (χ1) is 15.6. The third kappa shape index (κ3) is 4.01. The lowest BCUT2D eigenvalue weighted by molar-refractivity contribution is -0.117. The number of nitrogens with zero attached hydrogens (tertiary/aromatic N) is 4. The third-order valence-electron chi connectivity index (χ3n) is 5.93. The van der Waals surface area contributed by atoms with Crippen LogP contribution in [-0.4, -0.2) is 59.7 Å². The van der Waals surface area contributed by atoms with E-state index in [-0.39, 0.29) is 17.7 Å². The smallest absolute Gasteiger partial charge is 0.254 e. The van der Waals surface area contributed by atoms with Gasteiger partial charge in [-0.25, -0.2) is 0 Å². The molecule has 32 heavy (non-hydrogen) atoms. The lowest BCUT2D eigenvalue weighted by Crippen LogP contribution is -2.40. The van der Waals surface area contributed by atoms with Gasteiger partial charge in [0.2, 0.25) is 17.6 Å². The molecule has 5 rings (SSSR count). The van der Waals surface area contributed by atoms with Gasteiger partial charge >= 0.3 is 0 Å². The average Bonchev–Trinajstić information content (AvgIpc) is 3.47. The molecule has 2 fully saturated rings. The Balaban J connectivity index is 1.32. The number of amides is 2. The zero-order valence-electron chi connectivity index (χ0n) is 17.9. The van der Waals surface area contributed by atoms with E-state index in [1.54, 1.807) is 21.9 Å². The van der Waals surface area contributed by atoms with E-state index in [2.05, 4.69) is 10.1 Å². The second-order valence-electron chi connectivity index (χ2n) is 8.18. The number of anilines is 1. The first-order valence-electron chi connectivity index (χ1n) is 10.8. The summed E-state index contributed by atoms with van der Waals surface area (Å²) >= 11 is 0. The predicted molar refractivity (Wildman–Crippen MR) is 117 cm³/mol. The van der Waals surface area contributed by atoms with Crippen LogP contribution in [0.5, 0.6) is 0 Å². The quantitative estimate of drug-likeness (QED) is 0.630. The number of benzene rings is 2. The minimum absolute atomic E-state index is 0.0333. The molecule has 0 N–H and O–H groups in total. The summed E-state index contributed by atoms with van der Waals surface area (Å²) in [6, 6.07) is 15.1. The maximum absolute atomic E-state index is 12.8. The number of carbonyl (C=O) groups excluding carboxylic acids is 2. The van der Waals surface area contributed by atoms with Gasteiger partial charge in [-0.1, -0.05) is 35.0 Å². The summed E-state index contributed by atoms with van der Waals surface area (Å²) in [6.45, 7) is 4.80. The lowest BCUT2D eigenvalue weighted by Gasteiger charge is -2.26. The van der Waals surface area contributed by atoms with Gasteiger partial charge in [0.1, 0.15) is 0 Å². The predicted octanol–water partition coefficient (Wildman–Crippen LogP) is 3.04. The molecule has 2 saturated heterocycles. The molecule has 1 aromatic heterocycles. The normalized spacial score (nSPS) is 18.9. The van der Waals surface area contributed by atoms with Crippen LogP contribution in [0.25, 0.3) is 11.4 Å². The molecule has 2 aliphatic rings. The lowest BCUT2D eigenvalue weighted by atomic mass is 10.1. The number of morpholine rings is 1. The van der Waals surface area contributed by atoms with Gasteiger partial charge < -0.3 is 19.1 Å². The van der Waals surface area contributed by atoms with Crippen molar-refractivity contribution in [3.05, 3.63) is 65.5 Å². The van der Waals surface area contributed by atoms with E-state index >= 15 is 0 Å². The maximum Gasteiger partial charge on any atom is 0.254 e. The summed E-state index contributed by atoms with van der Waals surface area (Å²) in [4.78, 5) is 33.5. The minimum Gasteiger partial charge on any atom is -0.378 e. The Bertz CT molecular complexity index is 1130. The van der Waals surface area contributed by atoms with Gasteiger partial charge in [-0.3, -0.25) is 9.59 Å². The number of carbonyl (C=O) groups is 2. The summed E-state index contributed by atoms with van der Waals surface area (Å²) in [5, 5.41) is 4.12. The van der Waals surface area contributed by atoms with E-state index in [0.717, 1.165) is 11.3 Å². The molecule has 2 amide bonds. The van der Waals surface area contributed by atoms with Crippen LogP contribution in [0.4, 0.5) is 5.69 Å². The largest absolute Gasteiger partial charge is 0.378 e. The molecule has 0 unspecified atom stereocenters. The van der Waals surface area contributed by atoms with Crippen LogP contribution in [0.1, 0.15) is 34.2 Å². The Hall–Kier alpha value is -3.52. The molecule has 3 heterocycles. The molecular weight excluding hydrogens is 408 g/mol. The molecule has 164 valence electrons. The topological polar surface area (TPSA) is 88.8 Å². The number of hydrogen-bond acceptors (Lipinski definition) is 6. The van der Waals surface area contributed by atoms with Gasteiger partial charge in [-0.05, 0) is 31.2 Å². The monoisotopic (exact) mass is 432 g/mol. The highest BCUT2D eigenvalue weighted by Crippen LogP contribution is 2.32. The fourth-order valence-corrected chi connectivity index (χ4v) is 4.11. The van der Waals surface area contributed by atoms with Crippen molar-refractivity contribution in [2.45, 2.75) is 19.3 Å². The van der Waals surface area contributed by atoms with Gasteiger partial charge in [0.15, 0.2) is 0 Å². The van der Waals surface area contributed by atoms with Crippen molar-refractivity contribution >= 4 is 17.5 Å². The van der Waals surface area contributed by atoms with E-state index in [9.17, 15) is 9.59 Å². The van der Waals surface area contributed by atoms with Gasteiger partial charge in [-0.2, -0.15) is 4.98 Å². The standard InChI is InChI=1S/C24H24N4O4/c1-16-5-7-20(8-6-16)28-15-19(14-21(28)29)23-25-22(26-32-23)17-3-2-4-18(13-17)24(30)27-9-11-31-12-10-27/h2-8,13,19H,9-12,14-15H2,1H3/t19-/m0/s1. The number of ether oxygens (including phenoxy) is 1. The number of hydrogen-bond donors (Lipinski definition) is 0. The van der Waals surface area contributed by atoms with Crippen molar-refractivity contribution in [3.8, 4) is 11.4 Å². The van der Waals surface area contributed by atoms with E-state index in [1.807, 2.05) is 43.3 Å². The Morgan fingerprint density at radius 1 is 1.09 bits per heavy atom. The van der Waals surface area contributed by atoms with E-state index in [4.69, 9.17) is 9.26 Å². The van der Waals surface area contributed by atoms with Crippen molar-refractivity contribution in [1.29, 1.82) is 0 Å². The molecular formula is C24H24N4O4. The molecule has 8 nitrogen and oxygen atoms in total. The van der Waals surface area contributed by atoms with Crippen LogP contribution in [0.3, 0.4) is 0 Å². The first kappa shape index (κ1) is 20.4. The fourth-order valence-electron chi connectivity index (χ4n) is 4.11. The van der Waals surface area contributed by atoms with Gasteiger partial charge in [0.25, 0.3) is 5.91 Å². The van der Waals surface area contributed by atoms with Crippen molar-refractivity contribution in [1.82, 2.24) is 15.0 Å². The van der Waals surface area contributed by atoms with Crippen molar-refractivity contribution in [2.24, 2.45) is 0 Å². The molecule has 0 bridgehead atoms. The Morgan fingerprint density at radius 2 is 1.88 bits per heavy atom. The van der Waals surface area contributed by atoms with Crippen LogP contribution in [0.15, 0.2) is 53.1 Å². The van der Waals surface area contributed by atoms with Crippen LogP contribution in [0, 0.1) is 6.92 Å². The number of aromatic nitrogens is 2. The van der Waals surface area contributed by atoms with E-state index < -0.39 is 0 Å². The van der Waals surface area contributed by atoms with Crippen molar-refractivity contribution < 1.29 is 18.8 Å². The summed E-state index contributed by atoms with van der Waals surface area (Å²) < 4.78 is 10.8. The molecule has 8 heteroatoms. The van der Waals surface area contributed by atoms with Gasteiger partial charge in [-0.15, -0.1) is 0 Å². The molecule has 2 aromatic carbocycles. The zero-order chi connectivity index (χ0) is 22.1.